The highest BCUT2D eigenvalue weighted by Crippen LogP contribution is 2.33. The van der Waals surface area contributed by atoms with Crippen LogP contribution >= 0.6 is 11.6 Å². The van der Waals surface area contributed by atoms with Gasteiger partial charge in [0.05, 0.1) is 40.2 Å². The number of hydrogen-bond donors (Lipinski definition) is 2. The fourth-order valence-corrected chi connectivity index (χ4v) is 5.15. The first-order valence-corrected chi connectivity index (χ1v) is 13.0. The Balaban J connectivity index is 1.29. The predicted octanol–water partition coefficient (Wildman–Crippen LogP) is 4.36. The van der Waals surface area contributed by atoms with Gasteiger partial charge in [-0.2, -0.15) is 5.10 Å². The van der Waals surface area contributed by atoms with Crippen molar-refractivity contribution in [1.82, 2.24) is 25.1 Å². The van der Waals surface area contributed by atoms with Crippen molar-refractivity contribution in [3.05, 3.63) is 63.3 Å². The fourth-order valence-electron chi connectivity index (χ4n) is 4.93. The standard InChI is InChI=1S/C27H28ClN5O3/c28-20-11-22-23(12-24(20)36-15-16-9-10-16)31-25(30-22)13-21-18-7-3-4-8-19(18)27(35)33(32-21)14-26(34)29-17-5-1-2-6-17/h3-4,7-8,11-12,16-17H,1-2,5-6,9-10,13-15H2,(H,29,34)(H,30,31). The number of halogens is 1. The summed E-state index contributed by atoms with van der Waals surface area (Å²) in [7, 11) is 0. The first kappa shape index (κ1) is 23.0. The summed E-state index contributed by atoms with van der Waals surface area (Å²) >= 11 is 6.44. The van der Waals surface area contributed by atoms with Crippen LogP contribution < -0.4 is 15.6 Å². The number of H-pyrrole nitrogens is 1. The molecule has 186 valence electrons. The van der Waals surface area contributed by atoms with Crippen molar-refractivity contribution in [1.29, 1.82) is 0 Å². The Bertz CT molecular complexity index is 1500. The molecule has 9 heteroatoms. The van der Waals surface area contributed by atoms with Gasteiger partial charge in [0, 0.05) is 17.5 Å². The summed E-state index contributed by atoms with van der Waals surface area (Å²) in [5.74, 6) is 1.77. The second kappa shape index (κ2) is 9.58. The average molecular weight is 506 g/mol. The van der Waals surface area contributed by atoms with Crippen LogP contribution in [0.3, 0.4) is 0 Å². The molecule has 0 bridgehead atoms. The average Bonchev–Trinajstić information content (AvgIpc) is 3.41. The van der Waals surface area contributed by atoms with E-state index in [-0.39, 0.29) is 24.1 Å². The topological polar surface area (TPSA) is 102 Å². The SMILES string of the molecule is O=C(Cn1nc(Cc2nc3cc(OCC4CC4)c(Cl)cc3[nH]2)c2ccccc2c1=O)NC1CCCC1. The first-order chi connectivity index (χ1) is 17.5. The van der Waals surface area contributed by atoms with Crippen molar-refractivity contribution in [2.75, 3.05) is 6.61 Å². The molecule has 2 saturated carbocycles. The lowest BCUT2D eigenvalue weighted by Gasteiger charge is -2.14. The molecule has 0 unspecified atom stereocenters. The highest BCUT2D eigenvalue weighted by molar-refractivity contribution is 6.32. The third kappa shape index (κ3) is 4.82. The van der Waals surface area contributed by atoms with E-state index in [1.807, 2.05) is 30.3 Å². The Hall–Kier alpha value is -3.39. The van der Waals surface area contributed by atoms with Gasteiger partial charge in [-0.05, 0) is 43.7 Å². The maximum atomic E-state index is 13.1. The number of nitrogens with one attached hydrogen (secondary N) is 2. The van der Waals surface area contributed by atoms with Crippen LogP contribution in [-0.4, -0.2) is 38.3 Å². The quantitative estimate of drug-likeness (QED) is 0.370. The number of ether oxygens (including phenoxy) is 1. The second-order valence-corrected chi connectivity index (χ2v) is 10.3. The molecule has 2 aromatic carbocycles. The van der Waals surface area contributed by atoms with Gasteiger partial charge in [-0.1, -0.05) is 42.6 Å². The zero-order chi connectivity index (χ0) is 24.6. The minimum atomic E-state index is -0.273. The molecule has 2 aliphatic rings. The number of benzene rings is 2. The molecule has 2 aliphatic carbocycles. The lowest BCUT2D eigenvalue weighted by molar-refractivity contribution is -0.122. The van der Waals surface area contributed by atoms with Crippen molar-refractivity contribution < 1.29 is 9.53 Å². The molecule has 2 aromatic heterocycles. The Labute approximate surface area is 213 Å². The van der Waals surface area contributed by atoms with E-state index in [1.165, 1.54) is 17.5 Å². The maximum Gasteiger partial charge on any atom is 0.275 e. The summed E-state index contributed by atoms with van der Waals surface area (Å²) in [6.07, 6.45) is 7.01. The zero-order valence-electron chi connectivity index (χ0n) is 19.9. The number of hydrogen-bond acceptors (Lipinski definition) is 5. The van der Waals surface area contributed by atoms with Gasteiger partial charge in [0.1, 0.15) is 18.1 Å². The minimum absolute atomic E-state index is 0.107. The zero-order valence-corrected chi connectivity index (χ0v) is 20.7. The third-order valence-corrected chi connectivity index (χ3v) is 7.34. The Morgan fingerprint density at radius 3 is 2.69 bits per heavy atom. The first-order valence-electron chi connectivity index (χ1n) is 12.6. The van der Waals surface area contributed by atoms with Gasteiger partial charge in [0.15, 0.2) is 0 Å². The molecule has 1 amide bonds. The number of fused-ring (bicyclic) bond motifs is 2. The number of carbonyl (C=O) groups is 1. The van der Waals surface area contributed by atoms with Crippen molar-refractivity contribution in [2.45, 2.75) is 57.5 Å². The van der Waals surface area contributed by atoms with E-state index in [0.717, 1.165) is 42.1 Å². The molecule has 8 nitrogen and oxygen atoms in total. The second-order valence-electron chi connectivity index (χ2n) is 9.92. The van der Waals surface area contributed by atoms with E-state index in [2.05, 4.69) is 15.4 Å². The van der Waals surface area contributed by atoms with E-state index < -0.39 is 0 Å². The van der Waals surface area contributed by atoms with Crippen LogP contribution in [0.4, 0.5) is 0 Å². The van der Waals surface area contributed by atoms with E-state index in [0.29, 0.717) is 46.6 Å². The van der Waals surface area contributed by atoms with Crippen molar-refractivity contribution in [3.8, 4) is 5.75 Å². The Morgan fingerprint density at radius 1 is 1.14 bits per heavy atom. The number of rotatable bonds is 8. The lowest BCUT2D eigenvalue weighted by Crippen LogP contribution is -2.38. The van der Waals surface area contributed by atoms with Crippen molar-refractivity contribution in [2.24, 2.45) is 5.92 Å². The molecule has 0 spiro atoms. The highest BCUT2D eigenvalue weighted by Gasteiger charge is 2.23. The molecular weight excluding hydrogens is 478 g/mol. The summed E-state index contributed by atoms with van der Waals surface area (Å²) in [4.78, 5) is 33.8. The van der Waals surface area contributed by atoms with Gasteiger partial charge in [-0.15, -0.1) is 0 Å². The van der Waals surface area contributed by atoms with E-state index >= 15 is 0 Å². The summed E-state index contributed by atoms with van der Waals surface area (Å²) in [5, 5.41) is 9.47. The highest BCUT2D eigenvalue weighted by atomic mass is 35.5. The number of carbonyl (C=O) groups excluding carboxylic acids is 1. The van der Waals surface area contributed by atoms with Crippen LogP contribution in [0, 0.1) is 5.92 Å². The van der Waals surface area contributed by atoms with Gasteiger partial charge in [0.2, 0.25) is 5.91 Å². The molecule has 36 heavy (non-hydrogen) atoms. The molecule has 0 aliphatic heterocycles. The Morgan fingerprint density at radius 2 is 1.92 bits per heavy atom. The smallest absolute Gasteiger partial charge is 0.275 e. The monoisotopic (exact) mass is 505 g/mol. The molecule has 6 rings (SSSR count). The number of nitrogens with zero attached hydrogens (tertiary/aromatic N) is 3. The minimum Gasteiger partial charge on any atom is -0.492 e. The summed E-state index contributed by atoms with van der Waals surface area (Å²) in [6.45, 7) is 0.568. The lowest BCUT2D eigenvalue weighted by atomic mass is 10.1. The predicted molar refractivity (Wildman–Crippen MR) is 139 cm³/mol. The van der Waals surface area contributed by atoms with Gasteiger partial charge in [0.25, 0.3) is 5.56 Å². The molecule has 0 radical (unpaired) electrons. The summed E-state index contributed by atoms with van der Waals surface area (Å²) < 4.78 is 7.16. The van der Waals surface area contributed by atoms with Gasteiger partial charge in [-0.3, -0.25) is 9.59 Å². The molecule has 2 heterocycles. The number of aromatic nitrogens is 4. The fraction of sp³-hybridized carbons (Fsp3) is 0.407. The summed E-state index contributed by atoms with van der Waals surface area (Å²) in [5.41, 5.74) is 1.97. The van der Waals surface area contributed by atoms with Gasteiger partial charge < -0.3 is 15.0 Å². The largest absolute Gasteiger partial charge is 0.492 e. The van der Waals surface area contributed by atoms with Crippen LogP contribution in [0.25, 0.3) is 21.8 Å². The Kier molecular flexibility index (Phi) is 6.13. The van der Waals surface area contributed by atoms with Crippen molar-refractivity contribution in [3.63, 3.8) is 0 Å². The molecule has 0 atom stereocenters. The van der Waals surface area contributed by atoms with Gasteiger partial charge in [-0.25, -0.2) is 9.67 Å². The van der Waals surface area contributed by atoms with Crippen LogP contribution in [0.5, 0.6) is 5.75 Å². The third-order valence-electron chi connectivity index (χ3n) is 7.05. The molecular formula is C27H28ClN5O3. The van der Waals surface area contributed by atoms with E-state index in [9.17, 15) is 9.59 Å². The molecule has 2 N–H and O–H groups in total. The van der Waals surface area contributed by atoms with Crippen molar-refractivity contribution >= 4 is 39.3 Å². The van der Waals surface area contributed by atoms with Crippen LogP contribution in [0.15, 0.2) is 41.2 Å². The van der Waals surface area contributed by atoms with Gasteiger partial charge >= 0.3 is 0 Å². The maximum absolute atomic E-state index is 13.1. The van der Waals surface area contributed by atoms with E-state index in [4.69, 9.17) is 21.3 Å². The normalized spacial score (nSPS) is 16.1. The molecule has 0 saturated heterocycles. The number of amides is 1. The molecule has 2 fully saturated rings. The number of aromatic amines is 1. The van der Waals surface area contributed by atoms with Crippen LogP contribution in [-0.2, 0) is 17.8 Å². The number of imidazole rings is 1. The van der Waals surface area contributed by atoms with Crippen LogP contribution in [0.2, 0.25) is 5.02 Å². The van der Waals surface area contributed by atoms with Crippen LogP contribution in [0.1, 0.15) is 50.0 Å². The molecule has 4 aromatic rings. The summed E-state index contributed by atoms with van der Waals surface area (Å²) in [6, 6.07) is 11.2. The van der Waals surface area contributed by atoms with E-state index in [1.54, 1.807) is 6.07 Å².